The zero-order chi connectivity index (χ0) is 13.2. The van der Waals surface area contributed by atoms with E-state index in [1.165, 1.54) is 4.90 Å². The number of carboxylic acid groups (broad SMARTS) is 3. The van der Waals surface area contributed by atoms with Crippen molar-refractivity contribution in [2.24, 2.45) is 5.92 Å². The first-order valence-corrected chi connectivity index (χ1v) is 5.33. The fourth-order valence-corrected chi connectivity index (χ4v) is 2.46. The fourth-order valence-electron chi connectivity index (χ4n) is 2.46. The smallest absolute Gasteiger partial charge is 0.336 e. The second-order valence-electron chi connectivity index (χ2n) is 3.99. The highest BCUT2D eigenvalue weighted by molar-refractivity contribution is 6.07. The van der Waals surface area contributed by atoms with Crippen molar-refractivity contribution in [3.05, 3.63) is 0 Å². The van der Waals surface area contributed by atoms with Gasteiger partial charge in [0, 0.05) is 0 Å². The third-order valence-corrected chi connectivity index (χ3v) is 3.26. The van der Waals surface area contributed by atoms with Gasteiger partial charge >= 0.3 is 17.9 Å². The topological polar surface area (TPSA) is 115 Å². The minimum Gasteiger partial charge on any atom is -0.481 e. The standard InChI is InChI=1S/C10H15NO6/c1-2-11-5-3-4-6(7(12)13)10(11,8(14)15)9(16)17/h6H,2-5H2,1H3,(H,12,13)(H,14,15)(H,16,17). The fraction of sp³-hybridized carbons (Fsp3) is 0.700. The van der Waals surface area contributed by atoms with E-state index in [0.29, 0.717) is 6.42 Å². The zero-order valence-electron chi connectivity index (χ0n) is 9.42. The van der Waals surface area contributed by atoms with Gasteiger partial charge in [-0.3, -0.25) is 9.69 Å². The van der Waals surface area contributed by atoms with Crippen molar-refractivity contribution in [1.29, 1.82) is 0 Å². The van der Waals surface area contributed by atoms with E-state index < -0.39 is 29.4 Å². The molecule has 0 radical (unpaired) electrons. The highest BCUT2D eigenvalue weighted by atomic mass is 16.4. The van der Waals surface area contributed by atoms with E-state index in [-0.39, 0.29) is 19.5 Å². The van der Waals surface area contributed by atoms with Gasteiger partial charge in [0.25, 0.3) is 0 Å². The van der Waals surface area contributed by atoms with E-state index in [4.69, 9.17) is 5.11 Å². The maximum Gasteiger partial charge on any atom is 0.336 e. The van der Waals surface area contributed by atoms with Gasteiger partial charge in [-0.1, -0.05) is 6.92 Å². The first-order chi connectivity index (χ1) is 7.88. The summed E-state index contributed by atoms with van der Waals surface area (Å²) in [7, 11) is 0. The van der Waals surface area contributed by atoms with Crippen molar-refractivity contribution in [3.63, 3.8) is 0 Å². The van der Waals surface area contributed by atoms with Gasteiger partial charge in [0.15, 0.2) is 0 Å². The molecule has 0 saturated carbocycles. The summed E-state index contributed by atoms with van der Waals surface area (Å²) in [4.78, 5) is 34.9. The molecule has 1 aliphatic rings. The Bertz CT molecular complexity index is 339. The molecule has 1 unspecified atom stereocenters. The summed E-state index contributed by atoms with van der Waals surface area (Å²) in [6.45, 7) is 2.08. The molecule has 0 aromatic rings. The highest BCUT2D eigenvalue weighted by Gasteiger charge is 2.61. The summed E-state index contributed by atoms with van der Waals surface area (Å²) >= 11 is 0. The molecule has 0 aliphatic carbocycles. The molecule has 1 saturated heterocycles. The van der Waals surface area contributed by atoms with Crippen LogP contribution in [-0.2, 0) is 14.4 Å². The van der Waals surface area contributed by atoms with Crippen molar-refractivity contribution in [2.45, 2.75) is 25.3 Å². The minimum atomic E-state index is -2.35. The van der Waals surface area contributed by atoms with E-state index in [0.717, 1.165) is 0 Å². The maximum atomic E-state index is 11.3. The summed E-state index contributed by atoms with van der Waals surface area (Å²) in [6.07, 6.45) is 0.539. The Kier molecular flexibility index (Phi) is 3.72. The largest absolute Gasteiger partial charge is 0.481 e. The Balaban J connectivity index is 3.34. The van der Waals surface area contributed by atoms with Crippen LogP contribution in [0, 0.1) is 5.92 Å². The summed E-state index contributed by atoms with van der Waals surface area (Å²) in [6, 6.07) is 0. The average molecular weight is 245 g/mol. The molecule has 0 amide bonds. The van der Waals surface area contributed by atoms with Crippen molar-refractivity contribution in [1.82, 2.24) is 4.90 Å². The minimum absolute atomic E-state index is 0.0600. The lowest BCUT2D eigenvalue weighted by molar-refractivity contribution is -0.183. The van der Waals surface area contributed by atoms with Gasteiger partial charge in [0.05, 0.1) is 5.92 Å². The van der Waals surface area contributed by atoms with Crippen LogP contribution >= 0.6 is 0 Å². The predicted molar refractivity (Wildman–Crippen MR) is 55.6 cm³/mol. The predicted octanol–water partition coefficient (Wildman–Crippen LogP) is -0.289. The van der Waals surface area contributed by atoms with Crippen LogP contribution in [0.4, 0.5) is 0 Å². The normalized spacial score (nSPS) is 24.2. The Morgan fingerprint density at radius 3 is 2.12 bits per heavy atom. The summed E-state index contributed by atoms with van der Waals surface area (Å²) in [5.41, 5.74) is -2.35. The number of piperidine rings is 1. The second-order valence-corrected chi connectivity index (χ2v) is 3.99. The zero-order valence-corrected chi connectivity index (χ0v) is 9.42. The van der Waals surface area contributed by atoms with Gasteiger partial charge in [0.1, 0.15) is 0 Å². The lowest BCUT2D eigenvalue weighted by Crippen LogP contribution is -2.68. The Labute approximate surface area is 97.6 Å². The molecular weight excluding hydrogens is 230 g/mol. The quantitative estimate of drug-likeness (QED) is 0.583. The SMILES string of the molecule is CCN1CCCC(C(=O)O)C1(C(=O)O)C(=O)O. The lowest BCUT2D eigenvalue weighted by Gasteiger charge is -2.43. The second kappa shape index (κ2) is 4.70. The molecule has 17 heavy (non-hydrogen) atoms. The van der Waals surface area contributed by atoms with Gasteiger partial charge in [-0.15, -0.1) is 0 Å². The number of carbonyl (C=O) groups is 3. The molecule has 1 rings (SSSR count). The summed E-state index contributed by atoms with van der Waals surface area (Å²) < 4.78 is 0. The number of nitrogens with zero attached hydrogens (tertiary/aromatic N) is 1. The molecule has 7 nitrogen and oxygen atoms in total. The van der Waals surface area contributed by atoms with Crippen molar-refractivity contribution >= 4 is 17.9 Å². The molecule has 1 aliphatic heterocycles. The number of likely N-dealkylation sites (tertiary alicyclic amines) is 1. The van der Waals surface area contributed by atoms with Crippen LogP contribution in [0.15, 0.2) is 0 Å². The van der Waals surface area contributed by atoms with Crippen LogP contribution in [0.25, 0.3) is 0 Å². The van der Waals surface area contributed by atoms with Crippen molar-refractivity contribution in [3.8, 4) is 0 Å². The Hall–Kier alpha value is -1.63. The molecule has 0 aromatic heterocycles. The molecule has 0 aromatic carbocycles. The van der Waals surface area contributed by atoms with Gasteiger partial charge in [-0.05, 0) is 25.9 Å². The molecule has 1 fully saturated rings. The van der Waals surface area contributed by atoms with E-state index in [2.05, 4.69) is 0 Å². The van der Waals surface area contributed by atoms with Crippen LogP contribution in [0.5, 0.6) is 0 Å². The maximum absolute atomic E-state index is 11.3. The third-order valence-electron chi connectivity index (χ3n) is 3.26. The van der Waals surface area contributed by atoms with Crippen LogP contribution in [0.2, 0.25) is 0 Å². The van der Waals surface area contributed by atoms with Crippen LogP contribution < -0.4 is 0 Å². The van der Waals surface area contributed by atoms with Gasteiger partial charge in [0.2, 0.25) is 5.54 Å². The lowest BCUT2D eigenvalue weighted by atomic mass is 9.76. The molecule has 1 heterocycles. The molecule has 3 N–H and O–H groups in total. The van der Waals surface area contributed by atoms with Crippen LogP contribution in [0.1, 0.15) is 19.8 Å². The Morgan fingerprint density at radius 1 is 1.24 bits per heavy atom. The first-order valence-electron chi connectivity index (χ1n) is 5.33. The molecule has 1 atom stereocenters. The molecule has 0 bridgehead atoms. The number of rotatable bonds is 4. The van der Waals surface area contributed by atoms with E-state index >= 15 is 0 Å². The number of aliphatic carboxylic acids is 3. The number of hydrogen-bond donors (Lipinski definition) is 3. The average Bonchev–Trinajstić information content (AvgIpc) is 2.26. The molecule has 7 heteroatoms. The Morgan fingerprint density at radius 2 is 1.76 bits per heavy atom. The van der Waals surface area contributed by atoms with Crippen LogP contribution in [0.3, 0.4) is 0 Å². The van der Waals surface area contributed by atoms with E-state index in [1.54, 1.807) is 6.92 Å². The van der Waals surface area contributed by atoms with E-state index in [1.807, 2.05) is 0 Å². The van der Waals surface area contributed by atoms with E-state index in [9.17, 15) is 24.6 Å². The summed E-state index contributed by atoms with van der Waals surface area (Å²) in [5.74, 6) is -6.03. The van der Waals surface area contributed by atoms with Crippen molar-refractivity contribution in [2.75, 3.05) is 13.1 Å². The first kappa shape index (κ1) is 13.4. The van der Waals surface area contributed by atoms with Gasteiger partial charge in [-0.25, -0.2) is 9.59 Å². The highest BCUT2D eigenvalue weighted by Crippen LogP contribution is 2.34. The number of carboxylic acids is 3. The third kappa shape index (κ3) is 1.86. The molecular formula is C10H15NO6. The monoisotopic (exact) mass is 245 g/mol. The molecule has 0 spiro atoms. The number of hydrogen-bond acceptors (Lipinski definition) is 4. The van der Waals surface area contributed by atoms with Gasteiger partial charge in [-0.2, -0.15) is 0 Å². The summed E-state index contributed by atoms with van der Waals surface area (Å²) in [5, 5.41) is 27.4. The van der Waals surface area contributed by atoms with Crippen LogP contribution in [-0.4, -0.2) is 56.8 Å². The molecule has 96 valence electrons. The van der Waals surface area contributed by atoms with Gasteiger partial charge < -0.3 is 15.3 Å². The number of likely N-dealkylation sites (N-methyl/N-ethyl adjacent to an activating group) is 1. The van der Waals surface area contributed by atoms with Crippen molar-refractivity contribution < 1.29 is 29.7 Å².